The number of fused-ring (bicyclic) bond motifs is 1. The van der Waals surface area contributed by atoms with E-state index in [4.69, 9.17) is 4.98 Å². The van der Waals surface area contributed by atoms with E-state index in [-0.39, 0.29) is 6.42 Å². The van der Waals surface area contributed by atoms with Crippen LogP contribution in [0, 0.1) is 0 Å². The molecule has 0 radical (unpaired) electrons. The first kappa shape index (κ1) is 19.2. The van der Waals surface area contributed by atoms with Crippen molar-refractivity contribution >= 4 is 5.97 Å². The normalized spacial score (nSPS) is 14.3. The van der Waals surface area contributed by atoms with Crippen molar-refractivity contribution in [3.63, 3.8) is 0 Å². The molecule has 1 unspecified atom stereocenters. The number of nitrogens with zero attached hydrogens (tertiary/aromatic N) is 5. The van der Waals surface area contributed by atoms with E-state index in [1.807, 2.05) is 12.3 Å². The van der Waals surface area contributed by atoms with Gasteiger partial charge in [0.05, 0.1) is 18.2 Å². The minimum Gasteiger partial charge on any atom is -0.481 e. The summed E-state index contributed by atoms with van der Waals surface area (Å²) in [5, 5.41) is 13.9. The summed E-state index contributed by atoms with van der Waals surface area (Å²) in [4.78, 5) is 24.2. The third kappa shape index (κ3) is 4.85. The van der Waals surface area contributed by atoms with Gasteiger partial charge in [-0.05, 0) is 62.6 Å². The molecule has 0 spiro atoms. The maximum Gasteiger partial charge on any atom is 0.305 e. The predicted octanol–water partition coefficient (Wildman–Crippen LogP) is 3.19. The van der Waals surface area contributed by atoms with Crippen LogP contribution in [-0.4, -0.2) is 35.8 Å². The van der Waals surface area contributed by atoms with Crippen molar-refractivity contribution in [2.24, 2.45) is 0 Å². The standard InChI is InChI=1S/C22H25N5O2/c28-22(29)12-21(17-13-23-15-24-14-17)27-11-10-19(26-27)6-3-5-18-9-8-16-4-1-2-7-20(16)25-18/h8-11,13-15,21H,1-7,12H2,(H,28,29). The van der Waals surface area contributed by atoms with Crippen molar-refractivity contribution < 1.29 is 9.90 Å². The van der Waals surface area contributed by atoms with Gasteiger partial charge in [0.15, 0.2) is 0 Å². The van der Waals surface area contributed by atoms with Crippen molar-refractivity contribution in [1.82, 2.24) is 24.7 Å². The summed E-state index contributed by atoms with van der Waals surface area (Å²) in [5.74, 6) is -0.880. The zero-order valence-electron chi connectivity index (χ0n) is 16.4. The van der Waals surface area contributed by atoms with E-state index in [9.17, 15) is 9.90 Å². The maximum atomic E-state index is 11.3. The summed E-state index contributed by atoms with van der Waals surface area (Å²) in [6, 6.07) is 5.94. The van der Waals surface area contributed by atoms with Crippen LogP contribution in [0.5, 0.6) is 0 Å². The highest BCUT2D eigenvalue weighted by atomic mass is 16.4. The molecule has 0 amide bonds. The topological polar surface area (TPSA) is 93.8 Å². The molecule has 0 bridgehead atoms. The van der Waals surface area contributed by atoms with Crippen LogP contribution in [0.4, 0.5) is 0 Å². The number of aryl methyl sites for hydroxylation is 4. The highest BCUT2D eigenvalue weighted by Gasteiger charge is 2.19. The van der Waals surface area contributed by atoms with Crippen molar-refractivity contribution in [3.8, 4) is 0 Å². The number of carbonyl (C=O) groups is 1. The van der Waals surface area contributed by atoms with Crippen molar-refractivity contribution in [2.45, 2.75) is 57.4 Å². The lowest BCUT2D eigenvalue weighted by atomic mass is 9.95. The van der Waals surface area contributed by atoms with Gasteiger partial charge in [-0.1, -0.05) is 6.07 Å². The highest BCUT2D eigenvalue weighted by molar-refractivity contribution is 5.67. The van der Waals surface area contributed by atoms with Gasteiger partial charge < -0.3 is 5.11 Å². The average molecular weight is 391 g/mol. The Labute approximate surface area is 169 Å². The van der Waals surface area contributed by atoms with Gasteiger partial charge in [-0.3, -0.25) is 14.5 Å². The second-order valence-corrected chi connectivity index (χ2v) is 7.54. The summed E-state index contributed by atoms with van der Waals surface area (Å²) < 4.78 is 1.71. The Bertz CT molecular complexity index is 970. The number of pyridine rings is 1. The first-order valence-electron chi connectivity index (χ1n) is 10.2. The summed E-state index contributed by atoms with van der Waals surface area (Å²) in [5.41, 5.74) is 5.53. The van der Waals surface area contributed by atoms with Gasteiger partial charge in [-0.2, -0.15) is 5.10 Å². The average Bonchev–Trinajstić information content (AvgIpc) is 3.21. The molecule has 3 aromatic rings. The lowest BCUT2D eigenvalue weighted by molar-refractivity contribution is -0.137. The molecule has 1 aliphatic rings. The largest absolute Gasteiger partial charge is 0.481 e. The van der Waals surface area contributed by atoms with Gasteiger partial charge in [0.25, 0.3) is 0 Å². The monoisotopic (exact) mass is 391 g/mol. The zero-order valence-corrected chi connectivity index (χ0v) is 16.4. The molecule has 7 nitrogen and oxygen atoms in total. The molecule has 1 atom stereocenters. The first-order valence-corrected chi connectivity index (χ1v) is 10.2. The van der Waals surface area contributed by atoms with E-state index in [0.717, 1.165) is 49.1 Å². The van der Waals surface area contributed by atoms with Crippen molar-refractivity contribution in [1.29, 1.82) is 0 Å². The Morgan fingerprint density at radius 2 is 1.86 bits per heavy atom. The van der Waals surface area contributed by atoms with Gasteiger partial charge in [0.2, 0.25) is 0 Å². The van der Waals surface area contributed by atoms with Gasteiger partial charge in [0.1, 0.15) is 6.33 Å². The zero-order chi connectivity index (χ0) is 20.1. The molecule has 7 heteroatoms. The smallest absolute Gasteiger partial charge is 0.305 e. The summed E-state index contributed by atoms with van der Waals surface area (Å²) >= 11 is 0. The Morgan fingerprint density at radius 3 is 2.69 bits per heavy atom. The molecule has 4 rings (SSSR count). The Morgan fingerprint density at radius 1 is 1.07 bits per heavy atom. The van der Waals surface area contributed by atoms with Crippen molar-refractivity contribution in [3.05, 3.63) is 71.3 Å². The number of rotatable bonds is 8. The summed E-state index contributed by atoms with van der Waals surface area (Å²) in [7, 11) is 0. The molecular formula is C22H25N5O2. The number of hydrogen-bond acceptors (Lipinski definition) is 5. The van der Waals surface area contributed by atoms with Crippen LogP contribution in [0.15, 0.2) is 43.1 Å². The molecule has 29 heavy (non-hydrogen) atoms. The van der Waals surface area contributed by atoms with E-state index in [0.29, 0.717) is 0 Å². The predicted molar refractivity (Wildman–Crippen MR) is 108 cm³/mol. The molecule has 0 aromatic carbocycles. The van der Waals surface area contributed by atoms with Gasteiger partial charge >= 0.3 is 5.97 Å². The van der Waals surface area contributed by atoms with Crippen LogP contribution in [0.3, 0.4) is 0 Å². The SMILES string of the molecule is O=C(O)CC(c1cncnc1)n1ccc(CCCc2ccc3c(n2)CCCC3)n1. The molecule has 3 heterocycles. The Kier molecular flexibility index (Phi) is 5.93. The number of aliphatic carboxylic acids is 1. The Hall–Kier alpha value is -3.09. The lowest BCUT2D eigenvalue weighted by Crippen LogP contribution is -2.16. The van der Waals surface area contributed by atoms with Crippen LogP contribution in [0.25, 0.3) is 0 Å². The van der Waals surface area contributed by atoms with Gasteiger partial charge in [-0.25, -0.2) is 9.97 Å². The quantitative estimate of drug-likeness (QED) is 0.634. The third-order valence-corrected chi connectivity index (χ3v) is 5.42. The van der Waals surface area contributed by atoms with E-state index in [1.165, 1.54) is 30.4 Å². The molecule has 150 valence electrons. The fraction of sp³-hybridized carbons (Fsp3) is 0.409. The van der Waals surface area contributed by atoms with E-state index in [1.54, 1.807) is 17.1 Å². The lowest BCUT2D eigenvalue weighted by Gasteiger charge is -2.15. The highest BCUT2D eigenvalue weighted by Crippen LogP contribution is 2.22. The van der Waals surface area contributed by atoms with Gasteiger partial charge in [0, 0.05) is 35.5 Å². The minimum atomic E-state index is -0.880. The van der Waals surface area contributed by atoms with Crippen LogP contribution in [-0.2, 0) is 30.5 Å². The molecule has 0 fully saturated rings. The molecule has 3 aromatic heterocycles. The molecule has 1 aliphatic carbocycles. The second kappa shape index (κ2) is 8.94. The molecule has 1 N–H and O–H groups in total. The van der Waals surface area contributed by atoms with E-state index >= 15 is 0 Å². The van der Waals surface area contributed by atoms with Gasteiger partial charge in [-0.15, -0.1) is 0 Å². The number of carboxylic acids is 1. The Balaban J connectivity index is 1.39. The summed E-state index contributed by atoms with van der Waals surface area (Å²) in [6.45, 7) is 0. The maximum absolute atomic E-state index is 11.3. The number of hydrogen-bond donors (Lipinski definition) is 1. The second-order valence-electron chi connectivity index (χ2n) is 7.54. The van der Waals surface area contributed by atoms with Crippen LogP contribution in [0.2, 0.25) is 0 Å². The summed E-state index contributed by atoms with van der Waals surface area (Å²) in [6.07, 6.45) is 14.0. The van der Waals surface area contributed by atoms with Crippen LogP contribution >= 0.6 is 0 Å². The van der Waals surface area contributed by atoms with Crippen LogP contribution < -0.4 is 0 Å². The number of carboxylic acid groups (broad SMARTS) is 1. The molecule has 0 saturated carbocycles. The first-order chi connectivity index (χ1) is 14.2. The van der Waals surface area contributed by atoms with Crippen molar-refractivity contribution in [2.75, 3.05) is 0 Å². The third-order valence-electron chi connectivity index (χ3n) is 5.42. The fourth-order valence-electron chi connectivity index (χ4n) is 3.91. The minimum absolute atomic E-state index is 0.0620. The molecule has 0 aliphatic heterocycles. The van der Waals surface area contributed by atoms with E-state index < -0.39 is 12.0 Å². The fourth-order valence-corrected chi connectivity index (χ4v) is 3.91. The number of aromatic nitrogens is 5. The molecule has 0 saturated heterocycles. The van der Waals surface area contributed by atoms with E-state index in [2.05, 4.69) is 27.2 Å². The van der Waals surface area contributed by atoms with Crippen LogP contribution in [0.1, 0.15) is 59.9 Å². The molecular weight excluding hydrogens is 366 g/mol.